The molecule has 20 rings (SSSR count). The Hall–Kier alpha value is -11.6. The van der Waals surface area contributed by atoms with Crippen LogP contribution in [0.25, 0.3) is 130 Å². The van der Waals surface area contributed by atoms with Crippen LogP contribution in [-0.4, -0.2) is 15.8 Å². The summed E-state index contributed by atoms with van der Waals surface area (Å²) in [5.74, 6) is 0. The maximum atomic E-state index is 9.81. The van der Waals surface area contributed by atoms with E-state index in [0.717, 1.165) is 98.5 Å². The number of rotatable bonds is 7. The van der Waals surface area contributed by atoms with Crippen molar-refractivity contribution < 1.29 is 26.3 Å². The zero-order chi connectivity index (χ0) is 80.1. The highest BCUT2D eigenvalue weighted by Gasteiger charge is 2.46. The molecule has 18 aromatic rings. The Balaban J connectivity index is 0.962. The van der Waals surface area contributed by atoms with Crippen LogP contribution in [0.2, 0.25) is 0 Å². The molecule has 0 atom stereocenters. The Kier molecular flexibility index (Phi) is 9.42. The van der Waals surface area contributed by atoms with Crippen molar-refractivity contribution in [1.82, 2.24) is 9.13 Å². The quantitative estimate of drug-likeness (QED) is 0.149. The van der Waals surface area contributed by atoms with Gasteiger partial charge < -0.3 is 23.4 Å². The summed E-state index contributed by atoms with van der Waals surface area (Å²) in [7, 11) is 0. The van der Waals surface area contributed by atoms with Gasteiger partial charge in [-0.1, -0.05) is 241 Å². The summed E-state index contributed by atoms with van der Waals surface area (Å²) >= 11 is 1.75. The van der Waals surface area contributed by atoms with Gasteiger partial charge in [0.25, 0.3) is 6.71 Å². The number of benzene rings is 14. The van der Waals surface area contributed by atoms with Gasteiger partial charge in [0, 0.05) is 103 Å². The predicted octanol–water partition coefficient (Wildman–Crippen LogP) is 23.8. The first kappa shape index (κ1) is 43.5. The minimum absolute atomic E-state index is 0.0486. The molecule has 2 aliphatic rings. The van der Waals surface area contributed by atoms with Gasteiger partial charge in [0.2, 0.25) is 0 Å². The van der Waals surface area contributed by atoms with E-state index < -0.39 is 114 Å². The van der Waals surface area contributed by atoms with Gasteiger partial charge in [0.1, 0.15) is 5.58 Å². The van der Waals surface area contributed by atoms with Gasteiger partial charge in [-0.15, -0.1) is 11.3 Å². The van der Waals surface area contributed by atoms with E-state index in [4.69, 9.17) is 9.90 Å². The highest BCUT2D eigenvalue weighted by atomic mass is 32.1. The van der Waals surface area contributed by atoms with Gasteiger partial charge in [-0.25, -0.2) is 0 Å². The van der Waals surface area contributed by atoms with Crippen molar-refractivity contribution >= 4 is 154 Å². The smallest absolute Gasteiger partial charge is 0.252 e. The molecular formula is C92H67BN4OS. The highest BCUT2D eigenvalue weighted by Crippen LogP contribution is 2.54. The second-order valence-electron chi connectivity index (χ2n) is 28.0. The van der Waals surface area contributed by atoms with Crippen molar-refractivity contribution in [2.45, 2.75) is 52.4 Å². The van der Waals surface area contributed by atoms with Crippen LogP contribution in [0.3, 0.4) is 0 Å². The first-order valence-corrected chi connectivity index (χ1v) is 34.1. The average Bonchev–Trinajstić information content (AvgIpc) is 1.45. The van der Waals surface area contributed by atoms with Crippen molar-refractivity contribution in [3.63, 3.8) is 0 Å². The highest BCUT2D eigenvalue weighted by molar-refractivity contribution is 7.25. The fourth-order valence-electron chi connectivity index (χ4n) is 15.6. The standard InChI is InChI=1S/C92H67BN4OS/c1-91(2,3)59-50-71(56-25-9-7-10-26-56)88(72(51-59)57-27-11-8-12-28-57)97-82-55-62(95-78-39-20-15-31-66(78)67-32-16-21-40-79(67)95)45-47-75(82)93-74-46-44-61(94-76-37-18-13-29-64(76)65-30-14-19-38-77(65)94)54-81(74)96(83-52-60(92(4,5)6)53-84(97)87(83)93)80-41-24-36-70-69-35-23-34-63(89(69)98-90(70)80)58-43-48-86-73(49-58)68-33-17-22-42-85(68)99-86/h7-55H,1-6H3/i13D,14D,15D,16D,18D,19D,20D,21D,29D,30D,31D,32D,37D,38D,39D,40D. The fourth-order valence-corrected chi connectivity index (χ4v) is 16.7. The summed E-state index contributed by atoms with van der Waals surface area (Å²) in [4.78, 5) is 4.53. The number of aromatic nitrogens is 2. The molecule has 6 heterocycles. The summed E-state index contributed by atoms with van der Waals surface area (Å²) in [5, 5.41) is 3.66. The lowest BCUT2D eigenvalue weighted by Gasteiger charge is -2.46. The van der Waals surface area contributed by atoms with E-state index in [9.17, 15) is 16.4 Å². The van der Waals surface area contributed by atoms with Crippen molar-refractivity contribution in [3.05, 3.63) is 308 Å². The summed E-state index contributed by atoms with van der Waals surface area (Å²) in [6.07, 6.45) is 0. The van der Waals surface area contributed by atoms with Gasteiger partial charge in [0.05, 0.1) is 55.4 Å². The van der Waals surface area contributed by atoms with Gasteiger partial charge in [-0.2, -0.15) is 0 Å². The second-order valence-corrected chi connectivity index (χ2v) is 29.1. The normalized spacial score (nSPS) is 15.4. The number of anilines is 6. The maximum absolute atomic E-state index is 9.81. The number of para-hydroxylation sites is 6. The molecule has 0 spiro atoms. The van der Waals surface area contributed by atoms with Gasteiger partial charge in [-0.05, 0) is 152 Å². The lowest BCUT2D eigenvalue weighted by Crippen LogP contribution is -2.61. The van der Waals surface area contributed by atoms with Crippen LogP contribution >= 0.6 is 11.3 Å². The topological polar surface area (TPSA) is 29.5 Å². The summed E-state index contributed by atoms with van der Waals surface area (Å²) < 4.78 is 164. The first-order chi connectivity index (χ1) is 55.0. The lowest BCUT2D eigenvalue weighted by atomic mass is 9.33. The zero-order valence-electron chi connectivity index (χ0n) is 70.7. The van der Waals surface area contributed by atoms with E-state index in [1.54, 1.807) is 20.5 Å². The largest absolute Gasteiger partial charge is 0.453 e. The molecule has 0 bridgehead atoms. The molecule has 0 saturated carbocycles. The second kappa shape index (κ2) is 21.4. The molecule has 14 aromatic carbocycles. The SMILES string of the molecule is [2H]c1c([2H])c([2H])c2c(c1[2H])c1c([2H])c([2H])c([2H])c([2H])c1n2-c1ccc2c(c1)N(c1c(-c3ccccc3)cc(C(C)(C)C)cc1-c1ccccc1)c1cc(C(C)(C)C)cc3c1B2c1ccc(-n2c4c([2H])c([2H])c([2H])c([2H])c4c4c([2H])c([2H])c([2H])c([2H])c42)cc1N3c1cccc2c1oc1c(-c3ccc4sc5ccccc5c4c3)cccc12. The van der Waals surface area contributed by atoms with E-state index in [0.29, 0.717) is 45.3 Å². The number of hydrogen-bond acceptors (Lipinski definition) is 4. The summed E-state index contributed by atoms with van der Waals surface area (Å²) in [6, 6.07) is 60.2. The van der Waals surface area contributed by atoms with E-state index in [-0.39, 0.29) is 43.6 Å². The number of thiophene rings is 1. The van der Waals surface area contributed by atoms with Crippen molar-refractivity contribution in [2.75, 3.05) is 9.80 Å². The minimum atomic E-state index is -0.751. The van der Waals surface area contributed by atoms with Crippen LogP contribution in [0.4, 0.5) is 34.1 Å². The van der Waals surface area contributed by atoms with E-state index in [1.807, 2.05) is 84.9 Å². The predicted molar refractivity (Wildman–Crippen MR) is 423 cm³/mol. The van der Waals surface area contributed by atoms with Crippen LogP contribution in [0.1, 0.15) is 74.6 Å². The molecule has 0 N–H and O–H groups in total. The first-order valence-electron chi connectivity index (χ1n) is 41.3. The van der Waals surface area contributed by atoms with Gasteiger partial charge >= 0.3 is 0 Å². The van der Waals surface area contributed by atoms with E-state index >= 15 is 0 Å². The Morgan fingerprint density at radius 1 is 0.343 bits per heavy atom. The Morgan fingerprint density at radius 2 is 0.808 bits per heavy atom. The molecule has 0 amide bonds. The van der Waals surface area contributed by atoms with Crippen molar-refractivity contribution in [1.29, 1.82) is 0 Å². The third kappa shape index (κ3) is 8.66. The van der Waals surface area contributed by atoms with Gasteiger partial charge in [0.15, 0.2) is 5.58 Å². The van der Waals surface area contributed by atoms with E-state index in [2.05, 4.69) is 167 Å². The van der Waals surface area contributed by atoms with Crippen molar-refractivity contribution in [3.8, 4) is 44.8 Å². The average molecular weight is 1300 g/mol. The molecule has 470 valence electrons. The third-order valence-corrected chi connectivity index (χ3v) is 21.4. The van der Waals surface area contributed by atoms with Gasteiger partial charge in [-0.3, -0.25) is 0 Å². The molecule has 2 aliphatic heterocycles. The summed E-state index contributed by atoms with van der Waals surface area (Å²) in [5.41, 5.74) is 14.2. The fraction of sp³-hybridized carbons (Fsp3) is 0.0870. The Bertz CT molecular complexity index is 7210. The van der Waals surface area contributed by atoms with Crippen LogP contribution in [0.15, 0.2) is 301 Å². The maximum Gasteiger partial charge on any atom is 0.252 e. The van der Waals surface area contributed by atoms with E-state index in [1.165, 1.54) is 4.70 Å². The number of furan rings is 1. The molecule has 0 saturated heterocycles. The molecule has 4 aromatic heterocycles. The molecule has 0 aliphatic carbocycles. The molecule has 0 fully saturated rings. The number of nitrogens with zero attached hydrogens (tertiary/aromatic N) is 4. The zero-order valence-corrected chi connectivity index (χ0v) is 55.6. The van der Waals surface area contributed by atoms with Crippen LogP contribution in [-0.2, 0) is 10.8 Å². The lowest BCUT2D eigenvalue weighted by molar-refractivity contribution is 0.590. The van der Waals surface area contributed by atoms with Crippen LogP contribution < -0.4 is 26.2 Å². The minimum Gasteiger partial charge on any atom is -0.453 e. The number of hydrogen-bond donors (Lipinski definition) is 0. The monoisotopic (exact) mass is 1300 g/mol. The van der Waals surface area contributed by atoms with Crippen LogP contribution in [0.5, 0.6) is 0 Å². The number of fused-ring (bicyclic) bond motifs is 16. The molecule has 99 heavy (non-hydrogen) atoms. The van der Waals surface area contributed by atoms with Crippen LogP contribution in [0, 0.1) is 0 Å². The Morgan fingerprint density at radius 3 is 1.36 bits per heavy atom. The third-order valence-electron chi connectivity index (χ3n) is 20.3. The molecule has 0 radical (unpaired) electrons. The van der Waals surface area contributed by atoms with Crippen molar-refractivity contribution in [2.24, 2.45) is 0 Å². The molecular weight excluding hydrogens is 1220 g/mol. The molecule has 0 unspecified atom stereocenters. The summed E-state index contributed by atoms with van der Waals surface area (Å²) in [6.45, 7) is 12.3. The Labute approximate surface area is 601 Å². The molecule has 7 heteroatoms. The molecule has 5 nitrogen and oxygen atoms in total.